The maximum atomic E-state index is 6.70. The van der Waals surface area contributed by atoms with Crippen LogP contribution in [-0.4, -0.2) is 30.9 Å². The minimum atomic E-state index is -0.277. The molecule has 1 rings (SSSR count). The Labute approximate surface area is 104 Å². The molecule has 0 aromatic rings. The lowest BCUT2D eigenvalue weighted by atomic mass is 10.0. The predicted molar refractivity (Wildman–Crippen MR) is 72.2 cm³/mol. The van der Waals surface area contributed by atoms with Gasteiger partial charge in [0, 0.05) is 14.1 Å². The summed E-state index contributed by atoms with van der Waals surface area (Å²) in [5, 5.41) is 6.70. The smallest absolute Gasteiger partial charge is 0.215 e. The van der Waals surface area contributed by atoms with Crippen LogP contribution < -0.4 is 11.5 Å². The van der Waals surface area contributed by atoms with Crippen LogP contribution in [0, 0.1) is 5.41 Å². The highest BCUT2D eigenvalue weighted by atomic mass is 35.5. The average molecular weight is 250 g/mol. The molecule has 96 valence electrons. The summed E-state index contributed by atoms with van der Waals surface area (Å²) in [6, 6.07) is 0. The highest BCUT2D eigenvalue weighted by Crippen LogP contribution is 2.15. The van der Waals surface area contributed by atoms with Crippen LogP contribution in [0.3, 0.4) is 0 Å². The van der Waals surface area contributed by atoms with E-state index in [9.17, 15) is 0 Å². The lowest BCUT2D eigenvalue weighted by Gasteiger charge is -2.08. The van der Waals surface area contributed by atoms with E-state index in [0.29, 0.717) is 0 Å². The first kappa shape index (κ1) is 17.4. The van der Waals surface area contributed by atoms with Crippen molar-refractivity contribution in [2.45, 2.75) is 38.5 Å². The molecular weight excluding hydrogens is 226 g/mol. The van der Waals surface area contributed by atoms with Crippen LogP contribution in [0.15, 0.2) is 4.99 Å². The molecule has 0 bridgehead atoms. The fourth-order valence-electron chi connectivity index (χ4n) is 1.28. The Morgan fingerprint density at radius 3 is 1.44 bits per heavy atom. The number of hydrogen-bond donors (Lipinski definition) is 3. The van der Waals surface area contributed by atoms with E-state index in [1.54, 1.807) is 19.0 Å². The van der Waals surface area contributed by atoms with Crippen LogP contribution in [0.5, 0.6) is 0 Å². The molecule has 5 N–H and O–H groups in total. The van der Waals surface area contributed by atoms with Gasteiger partial charge in [-0.2, -0.15) is 4.99 Å². The lowest BCUT2D eigenvalue weighted by molar-refractivity contribution is 0.504. The Balaban J connectivity index is 0. The quantitative estimate of drug-likeness (QED) is 0.449. The van der Waals surface area contributed by atoms with Gasteiger partial charge in [-0.1, -0.05) is 38.5 Å². The molecule has 0 heterocycles. The molecule has 0 radical (unpaired) electrons. The standard InChI is InChI=1S/C6H12.C4H11N5.ClH/c1-2-4-6-5-3-1;1-9(2)4(7)8-3(5)6;/h1-6H2;1-2H3,(H5,5,6,7,8);1H. The Morgan fingerprint density at radius 2 is 1.31 bits per heavy atom. The van der Waals surface area contributed by atoms with Gasteiger partial charge in [0.15, 0.2) is 5.96 Å². The first-order chi connectivity index (χ1) is 7.04. The molecule has 5 nitrogen and oxygen atoms in total. The van der Waals surface area contributed by atoms with Crippen molar-refractivity contribution in [1.29, 1.82) is 5.41 Å². The van der Waals surface area contributed by atoms with Gasteiger partial charge in [-0.25, -0.2) is 0 Å². The minimum Gasteiger partial charge on any atom is -0.369 e. The van der Waals surface area contributed by atoms with Gasteiger partial charge in [-0.15, -0.1) is 12.4 Å². The van der Waals surface area contributed by atoms with E-state index < -0.39 is 0 Å². The number of nitrogens with two attached hydrogens (primary N) is 2. The van der Waals surface area contributed by atoms with Crippen molar-refractivity contribution in [1.82, 2.24) is 4.90 Å². The van der Waals surface area contributed by atoms with E-state index in [2.05, 4.69) is 4.99 Å². The SMILES string of the molecule is C1CCCCC1.CN(C)C(N)=NC(=N)N.Cl. The lowest BCUT2D eigenvalue weighted by Crippen LogP contribution is -2.32. The molecule has 0 saturated heterocycles. The molecule has 0 atom stereocenters. The number of aliphatic imine (C=N–C) groups is 1. The molecule has 0 amide bonds. The van der Waals surface area contributed by atoms with Gasteiger partial charge in [-0.05, 0) is 0 Å². The number of nitrogens with zero attached hydrogens (tertiary/aromatic N) is 2. The van der Waals surface area contributed by atoms with Crippen LogP contribution in [-0.2, 0) is 0 Å². The van der Waals surface area contributed by atoms with Crippen molar-refractivity contribution in [3.63, 3.8) is 0 Å². The van der Waals surface area contributed by atoms with Crippen molar-refractivity contribution >= 4 is 24.3 Å². The molecule has 1 fully saturated rings. The third-order valence-electron chi connectivity index (χ3n) is 2.19. The van der Waals surface area contributed by atoms with Gasteiger partial charge in [0.05, 0.1) is 0 Å². The highest BCUT2D eigenvalue weighted by Gasteiger charge is 1.95. The second kappa shape index (κ2) is 10.5. The topological polar surface area (TPSA) is 91.5 Å². The monoisotopic (exact) mass is 249 g/mol. The Kier molecular flexibility index (Phi) is 11.5. The maximum Gasteiger partial charge on any atom is 0.215 e. The van der Waals surface area contributed by atoms with Crippen molar-refractivity contribution in [2.75, 3.05) is 14.1 Å². The van der Waals surface area contributed by atoms with Gasteiger partial charge < -0.3 is 16.4 Å². The number of guanidine groups is 2. The second-order valence-electron chi connectivity index (χ2n) is 3.87. The molecular formula is C10H24ClN5. The summed E-state index contributed by atoms with van der Waals surface area (Å²) < 4.78 is 0. The van der Waals surface area contributed by atoms with Crippen molar-refractivity contribution in [3.05, 3.63) is 0 Å². The molecule has 0 spiro atoms. The molecule has 0 aliphatic heterocycles. The molecule has 0 aromatic carbocycles. The maximum absolute atomic E-state index is 6.70. The summed E-state index contributed by atoms with van der Waals surface area (Å²) in [7, 11) is 3.45. The summed E-state index contributed by atoms with van der Waals surface area (Å²) in [6.07, 6.45) is 9.00. The van der Waals surface area contributed by atoms with Gasteiger partial charge in [0.2, 0.25) is 5.96 Å². The van der Waals surface area contributed by atoms with Crippen LogP contribution in [0.25, 0.3) is 0 Å². The fourth-order valence-corrected chi connectivity index (χ4v) is 1.28. The fraction of sp³-hybridized carbons (Fsp3) is 0.800. The van der Waals surface area contributed by atoms with Crippen molar-refractivity contribution < 1.29 is 0 Å². The zero-order chi connectivity index (χ0) is 11.7. The summed E-state index contributed by atoms with van der Waals surface area (Å²) in [4.78, 5) is 5.03. The van der Waals surface area contributed by atoms with Gasteiger partial charge in [0.25, 0.3) is 0 Å². The van der Waals surface area contributed by atoms with Crippen LogP contribution >= 0.6 is 12.4 Å². The van der Waals surface area contributed by atoms with E-state index >= 15 is 0 Å². The third-order valence-corrected chi connectivity index (χ3v) is 2.19. The minimum absolute atomic E-state index is 0. The zero-order valence-corrected chi connectivity index (χ0v) is 11.0. The van der Waals surface area contributed by atoms with Gasteiger partial charge in [0.1, 0.15) is 0 Å². The van der Waals surface area contributed by atoms with Crippen LogP contribution in [0.4, 0.5) is 0 Å². The Bertz CT molecular complexity index is 200. The average Bonchev–Trinajstić information content (AvgIpc) is 2.20. The highest BCUT2D eigenvalue weighted by molar-refractivity contribution is 5.91. The first-order valence-electron chi connectivity index (χ1n) is 5.39. The van der Waals surface area contributed by atoms with Gasteiger partial charge >= 0.3 is 0 Å². The number of rotatable bonds is 0. The zero-order valence-electron chi connectivity index (χ0n) is 10.2. The van der Waals surface area contributed by atoms with E-state index in [-0.39, 0.29) is 24.3 Å². The van der Waals surface area contributed by atoms with E-state index in [1.165, 1.54) is 38.5 Å². The van der Waals surface area contributed by atoms with Crippen molar-refractivity contribution in [2.24, 2.45) is 16.5 Å². The number of nitrogens with one attached hydrogen (secondary N) is 1. The molecule has 0 aromatic heterocycles. The first-order valence-corrected chi connectivity index (χ1v) is 5.39. The largest absolute Gasteiger partial charge is 0.369 e. The summed E-state index contributed by atoms with van der Waals surface area (Å²) in [5.41, 5.74) is 10.2. The van der Waals surface area contributed by atoms with E-state index in [1.807, 2.05) is 0 Å². The van der Waals surface area contributed by atoms with Gasteiger partial charge in [-0.3, -0.25) is 5.41 Å². The number of halogens is 1. The molecule has 1 aliphatic rings. The Morgan fingerprint density at radius 1 is 1.00 bits per heavy atom. The summed E-state index contributed by atoms with van der Waals surface area (Å²) in [5.74, 6) is -0.0382. The van der Waals surface area contributed by atoms with Crippen LogP contribution in [0.1, 0.15) is 38.5 Å². The predicted octanol–water partition coefficient (Wildman–Crippen LogP) is 1.52. The van der Waals surface area contributed by atoms with Crippen molar-refractivity contribution in [3.8, 4) is 0 Å². The molecule has 6 heteroatoms. The number of hydrogen-bond acceptors (Lipinski definition) is 1. The normalized spacial score (nSPS) is 15.2. The Hall–Kier alpha value is -0.970. The summed E-state index contributed by atoms with van der Waals surface area (Å²) in [6.45, 7) is 0. The third kappa shape index (κ3) is 11.1. The summed E-state index contributed by atoms with van der Waals surface area (Å²) >= 11 is 0. The molecule has 1 saturated carbocycles. The van der Waals surface area contributed by atoms with E-state index in [0.717, 1.165) is 0 Å². The molecule has 1 aliphatic carbocycles. The molecule has 0 unspecified atom stereocenters. The molecule has 16 heavy (non-hydrogen) atoms. The second-order valence-corrected chi connectivity index (χ2v) is 3.87. The van der Waals surface area contributed by atoms with E-state index in [4.69, 9.17) is 16.9 Å². The van der Waals surface area contributed by atoms with Crippen LogP contribution in [0.2, 0.25) is 0 Å².